The molecule has 0 radical (unpaired) electrons. The third-order valence-corrected chi connectivity index (χ3v) is 6.31. The molecule has 0 spiro atoms. The Labute approximate surface area is 160 Å². The number of benzene rings is 1. The molecule has 1 fully saturated rings. The highest BCUT2D eigenvalue weighted by Crippen LogP contribution is 2.43. The van der Waals surface area contributed by atoms with Crippen LogP contribution in [0, 0.1) is 17.2 Å². The van der Waals surface area contributed by atoms with Crippen molar-refractivity contribution in [2.75, 3.05) is 0 Å². The van der Waals surface area contributed by atoms with Crippen LogP contribution < -0.4 is 10.1 Å². The largest absolute Gasteiger partial charge is 0.456 e. The summed E-state index contributed by atoms with van der Waals surface area (Å²) in [6.45, 7) is 0. The van der Waals surface area contributed by atoms with Gasteiger partial charge in [0.05, 0.1) is 17.0 Å². The number of amides is 2. The van der Waals surface area contributed by atoms with E-state index in [-0.39, 0.29) is 28.2 Å². The van der Waals surface area contributed by atoms with Crippen molar-refractivity contribution in [1.82, 2.24) is 5.32 Å². The molecular weight excluding hydrogens is 372 g/mol. The molecule has 0 bridgehead atoms. The van der Waals surface area contributed by atoms with Crippen LogP contribution >= 0.6 is 23.4 Å². The number of fused-ring (bicyclic) bond motifs is 1. The molecule has 132 valence electrons. The summed E-state index contributed by atoms with van der Waals surface area (Å²) in [4.78, 5) is 23.4. The number of imide groups is 1. The number of carbonyl (C=O) groups is 2. The number of aryl methyl sites for hydroxylation is 1. The van der Waals surface area contributed by atoms with Crippen LogP contribution in [-0.4, -0.2) is 16.4 Å². The quantitative estimate of drug-likeness (QED) is 0.849. The molecule has 0 saturated carbocycles. The molecule has 3 aliphatic rings. The Kier molecular flexibility index (Phi) is 4.51. The summed E-state index contributed by atoms with van der Waals surface area (Å²) in [5.74, 6) is 0.869. The lowest BCUT2D eigenvalue weighted by atomic mass is 9.97. The molecule has 5 nitrogen and oxygen atoms in total. The first-order chi connectivity index (χ1) is 12.5. The third-order valence-electron chi connectivity index (χ3n) is 4.86. The van der Waals surface area contributed by atoms with Gasteiger partial charge in [0.1, 0.15) is 16.8 Å². The van der Waals surface area contributed by atoms with Gasteiger partial charge in [0.15, 0.2) is 0 Å². The number of nitrogens with zero attached hydrogens (tertiary/aromatic N) is 1. The first-order valence-electron chi connectivity index (χ1n) is 8.34. The van der Waals surface area contributed by atoms with E-state index in [1.54, 1.807) is 12.2 Å². The zero-order valence-corrected chi connectivity index (χ0v) is 15.3. The average molecular weight is 387 g/mol. The number of ether oxygens (including phenoxy) is 1. The Bertz CT molecular complexity index is 903. The van der Waals surface area contributed by atoms with Crippen LogP contribution in [0.25, 0.3) is 0 Å². The van der Waals surface area contributed by atoms with Gasteiger partial charge in [-0.05, 0) is 42.2 Å². The van der Waals surface area contributed by atoms with Gasteiger partial charge in [-0.15, -0.1) is 0 Å². The highest BCUT2D eigenvalue weighted by atomic mass is 35.5. The molecular formula is C19H15ClN2O3S. The topological polar surface area (TPSA) is 79.2 Å². The zero-order chi connectivity index (χ0) is 18.3. The fourth-order valence-electron chi connectivity index (χ4n) is 3.60. The Morgan fingerprint density at radius 1 is 1.35 bits per heavy atom. The molecule has 1 aromatic rings. The van der Waals surface area contributed by atoms with Gasteiger partial charge in [-0.25, -0.2) is 0 Å². The number of nitriles is 1. The monoisotopic (exact) mass is 386 g/mol. The fraction of sp³-hybridized carbons (Fsp3) is 0.316. The summed E-state index contributed by atoms with van der Waals surface area (Å²) in [6, 6.07) is 7.97. The number of hydrogen-bond acceptors (Lipinski definition) is 5. The van der Waals surface area contributed by atoms with Gasteiger partial charge >= 0.3 is 0 Å². The summed E-state index contributed by atoms with van der Waals surface area (Å²) in [7, 11) is 0. The van der Waals surface area contributed by atoms with Crippen LogP contribution in [0.3, 0.4) is 0 Å². The lowest BCUT2D eigenvalue weighted by Gasteiger charge is -2.17. The second kappa shape index (κ2) is 6.82. The van der Waals surface area contributed by atoms with Gasteiger partial charge in [-0.2, -0.15) is 5.26 Å². The van der Waals surface area contributed by atoms with Crippen LogP contribution in [0.5, 0.6) is 5.75 Å². The summed E-state index contributed by atoms with van der Waals surface area (Å²) in [6.07, 6.45) is 5.66. The van der Waals surface area contributed by atoms with E-state index in [4.69, 9.17) is 21.6 Å². The highest BCUT2D eigenvalue weighted by molar-refractivity contribution is 8.15. The lowest BCUT2D eigenvalue weighted by molar-refractivity contribution is -0.119. The molecule has 7 heteroatoms. The SMILES string of the molecule is N#CC1C=CC(Oc2ccc3c(c2)CC[C@H]3C2SC(=O)NC2=O)=C(Cl)C1. The van der Waals surface area contributed by atoms with Crippen molar-refractivity contribution in [3.63, 3.8) is 0 Å². The molecule has 2 amide bonds. The number of hydrogen-bond donors (Lipinski definition) is 1. The second-order valence-corrected chi connectivity index (χ2v) is 8.06. The third kappa shape index (κ3) is 3.13. The zero-order valence-electron chi connectivity index (χ0n) is 13.7. The van der Waals surface area contributed by atoms with Crippen LogP contribution in [0.1, 0.15) is 29.9 Å². The molecule has 2 aliphatic carbocycles. The van der Waals surface area contributed by atoms with Crippen LogP contribution in [0.4, 0.5) is 4.79 Å². The first-order valence-corrected chi connectivity index (χ1v) is 9.59. The van der Waals surface area contributed by atoms with Crippen LogP contribution in [-0.2, 0) is 11.2 Å². The summed E-state index contributed by atoms with van der Waals surface area (Å²) in [5, 5.41) is 11.2. The van der Waals surface area contributed by atoms with Gasteiger partial charge in [0.2, 0.25) is 5.91 Å². The van der Waals surface area contributed by atoms with Crippen molar-refractivity contribution in [3.05, 3.63) is 52.3 Å². The molecule has 3 atom stereocenters. The molecule has 0 aromatic heterocycles. The Morgan fingerprint density at radius 3 is 2.88 bits per heavy atom. The molecule has 1 heterocycles. The smallest absolute Gasteiger partial charge is 0.286 e. The van der Waals surface area contributed by atoms with Crippen LogP contribution in [0.15, 0.2) is 41.1 Å². The van der Waals surface area contributed by atoms with Crippen molar-refractivity contribution in [1.29, 1.82) is 5.26 Å². The number of halogens is 1. The van der Waals surface area contributed by atoms with Crippen molar-refractivity contribution < 1.29 is 14.3 Å². The van der Waals surface area contributed by atoms with Gasteiger partial charge in [0, 0.05) is 12.3 Å². The normalized spacial score (nSPS) is 27.3. The minimum Gasteiger partial charge on any atom is -0.456 e. The van der Waals surface area contributed by atoms with E-state index >= 15 is 0 Å². The van der Waals surface area contributed by atoms with Gasteiger partial charge in [-0.1, -0.05) is 35.5 Å². The first kappa shape index (κ1) is 17.2. The molecule has 4 rings (SSSR count). The van der Waals surface area contributed by atoms with Crippen molar-refractivity contribution in [2.45, 2.75) is 30.4 Å². The fourth-order valence-corrected chi connectivity index (χ4v) is 4.87. The van der Waals surface area contributed by atoms with E-state index in [0.717, 1.165) is 35.7 Å². The standard InChI is InChI=1S/C19H15ClN2O3S/c20-15-7-10(9-21)1-6-16(15)25-12-3-5-13-11(8-12)2-4-14(13)17-18(23)22-19(24)26-17/h1,3,5-6,8,10,14,17H,2,4,7H2,(H,22,23,24)/t10?,14-,17?/m1/s1. The maximum Gasteiger partial charge on any atom is 0.286 e. The van der Waals surface area contributed by atoms with Crippen molar-refractivity contribution in [2.24, 2.45) is 5.92 Å². The molecule has 1 aromatic carbocycles. The average Bonchev–Trinajstić information content (AvgIpc) is 3.18. The number of allylic oxidation sites excluding steroid dienone is 3. The molecule has 1 N–H and O–H groups in total. The van der Waals surface area contributed by atoms with Crippen molar-refractivity contribution >= 4 is 34.5 Å². The van der Waals surface area contributed by atoms with E-state index in [1.807, 2.05) is 18.2 Å². The minimum absolute atomic E-state index is 0.0456. The summed E-state index contributed by atoms with van der Waals surface area (Å²) in [5.41, 5.74) is 2.23. The van der Waals surface area contributed by atoms with Gasteiger partial charge in [0.25, 0.3) is 5.24 Å². The number of rotatable bonds is 3. The Hall–Kier alpha value is -2.23. The Balaban J connectivity index is 1.53. The van der Waals surface area contributed by atoms with E-state index in [2.05, 4.69) is 11.4 Å². The molecule has 1 saturated heterocycles. The number of carbonyl (C=O) groups excluding carboxylic acids is 2. The predicted molar refractivity (Wildman–Crippen MR) is 98.8 cm³/mol. The number of thioether (sulfide) groups is 1. The van der Waals surface area contributed by atoms with Crippen molar-refractivity contribution in [3.8, 4) is 11.8 Å². The Morgan fingerprint density at radius 2 is 2.19 bits per heavy atom. The lowest BCUT2D eigenvalue weighted by Crippen LogP contribution is -2.27. The van der Waals surface area contributed by atoms with E-state index in [0.29, 0.717) is 23.0 Å². The van der Waals surface area contributed by atoms with Gasteiger partial charge < -0.3 is 4.74 Å². The highest BCUT2D eigenvalue weighted by Gasteiger charge is 2.41. The molecule has 1 aliphatic heterocycles. The second-order valence-electron chi connectivity index (χ2n) is 6.49. The predicted octanol–water partition coefficient (Wildman–Crippen LogP) is 4.00. The summed E-state index contributed by atoms with van der Waals surface area (Å²) >= 11 is 7.31. The van der Waals surface area contributed by atoms with E-state index < -0.39 is 0 Å². The molecule has 2 unspecified atom stereocenters. The number of nitrogens with one attached hydrogen (secondary N) is 1. The summed E-state index contributed by atoms with van der Waals surface area (Å²) < 4.78 is 5.90. The van der Waals surface area contributed by atoms with Gasteiger partial charge in [-0.3, -0.25) is 14.9 Å². The minimum atomic E-state index is -0.350. The van der Waals surface area contributed by atoms with E-state index in [9.17, 15) is 9.59 Å². The van der Waals surface area contributed by atoms with Crippen LogP contribution in [0.2, 0.25) is 0 Å². The maximum atomic E-state index is 12.0. The molecule has 26 heavy (non-hydrogen) atoms. The maximum absolute atomic E-state index is 12.0. The van der Waals surface area contributed by atoms with E-state index in [1.165, 1.54) is 0 Å².